The number of benzene rings is 1. The van der Waals surface area contributed by atoms with E-state index in [1.165, 1.54) is 0 Å². The summed E-state index contributed by atoms with van der Waals surface area (Å²) in [4.78, 5) is 11.4. The average molecular weight is 243 g/mol. The molecule has 0 saturated carbocycles. The van der Waals surface area contributed by atoms with Gasteiger partial charge in [0.25, 0.3) is 0 Å². The Morgan fingerprint density at radius 1 is 1.44 bits per heavy atom. The molecule has 0 heterocycles. The third-order valence-corrected chi connectivity index (χ3v) is 2.24. The highest BCUT2D eigenvalue weighted by molar-refractivity contribution is 6.20. The zero-order chi connectivity index (χ0) is 12.0. The molecule has 0 aliphatic carbocycles. The molecular formula is C12H15ClO3. The lowest BCUT2D eigenvalue weighted by atomic mass is 10.2. The van der Waals surface area contributed by atoms with E-state index >= 15 is 0 Å². The van der Waals surface area contributed by atoms with E-state index < -0.39 is 0 Å². The molecule has 0 aliphatic rings. The van der Waals surface area contributed by atoms with Crippen molar-refractivity contribution in [2.24, 2.45) is 0 Å². The summed E-state index contributed by atoms with van der Waals surface area (Å²) in [5.74, 6) is 0.878. The van der Waals surface area contributed by atoms with Crippen molar-refractivity contribution in [2.75, 3.05) is 7.11 Å². The Labute approximate surface area is 100 Å². The van der Waals surface area contributed by atoms with E-state index in [-0.39, 0.29) is 11.3 Å². The Balaban J connectivity index is 2.49. The molecule has 1 aromatic carbocycles. The van der Waals surface area contributed by atoms with Crippen LogP contribution in [0, 0.1) is 0 Å². The Morgan fingerprint density at radius 3 is 2.75 bits per heavy atom. The second-order valence-corrected chi connectivity index (χ2v) is 4.22. The molecule has 1 atom stereocenters. The molecule has 16 heavy (non-hydrogen) atoms. The number of rotatable bonds is 5. The molecule has 0 amide bonds. The largest absolute Gasteiger partial charge is 0.497 e. The number of carbonyl (C=O) groups excluding carboxylic acids is 1. The maximum absolute atomic E-state index is 11.4. The second-order valence-electron chi connectivity index (χ2n) is 3.47. The van der Waals surface area contributed by atoms with E-state index in [4.69, 9.17) is 21.1 Å². The molecule has 1 aromatic rings. The summed E-state index contributed by atoms with van der Waals surface area (Å²) in [7, 11) is 1.57. The molecule has 0 saturated heterocycles. The van der Waals surface area contributed by atoms with E-state index in [0.29, 0.717) is 24.3 Å². The van der Waals surface area contributed by atoms with Gasteiger partial charge in [0.05, 0.1) is 7.11 Å². The minimum absolute atomic E-state index is 0.0159. The molecule has 0 radical (unpaired) electrons. The summed E-state index contributed by atoms with van der Waals surface area (Å²) in [5, 5.41) is -0.0159. The zero-order valence-electron chi connectivity index (χ0n) is 9.40. The number of methoxy groups -OCH3 is 1. The predicted octanol–water partition coefficient (Wildman–Crippen LogP) is 3.01. The summed E-state index contributed by atoms with van der Waals surface area (Å²) < 4.78 is 10.2. The fraction of sp³-hybridized carbons (Fsp3) is 0.417. The molecule has 0 aromatic heterocycles. The van der Waals surface area contributed by atoms with Gasteiger partial charge in [0.15, 0.2) is 0 Å². The maximum atomic E-state index is 11.4. The van der Waals surface area contributed by atoms with Gasteiger partial charge in [-0.05, 0) is 25.5 Å². The van der Waals surface area contributed by atoms with Gasteiger partial charge in [-0.25, -0.2) is 0 Å². The van der Waals surface area contributed by atoms with E-state index in [1.54, 1.807) is 31.4 Å². The normalized spacial score (nSPS) is 11.9. The fourth-order valence-corrected chi connectivity index (χ4v) is 1.27. The van der Waals surface area contributed by atoms with E-state index in [2.05, 4.69) is 0 Å². The van der Waals surface area contributed by atoms with Gasteiger partial charge in [0, 0.05) is 17.9 Å². The average Bonchev–Trinajstić information content (AvgIpc) is 2.26. The van der Waals surface area contributed by atoms with Crippen molar-refractivity contribution >= 4 is 17.6 Å². The van der Waals surface area contributed by atoms with Crippen molar-refractivity contribution in [2.45, 2.75) is 25.1 Å². The Bertz CT molecular complexity index is 350. The fourth-order valence-electron chi connectivity index (χ4n) is 1.16. The Morgan fingerprint density at radius 2 is 2.12 bits per heavy atom. The predicted molar refractivity (Wildman–Crippen MR) is 63.2 cm³/mol. The van der Waals surface area contributed by atoms with Crippen LogP contribution in [-0.4, -0.2) is 18.5 Å². The van der Waals surface area contributed by atoms with Gasteiger partial charge >= 0.3 is 5.97 Å². The van der Waals surface area contributed by atoms with Crippen LogP contribution in [0.5, 0.6) is 11.5 Å². The third kappa shape index (κ3) is 4.53. The van der Waals surface area contributed by atoms with Crippen molar-refractivity contribution in [1.29, 1.82) is 0 Å². The molecule has 0 spiro atoms. The lowest BCUT2D eigenvalue weighted by molar-refractivity contribution is -0.134. The first-order chi connectivity index (χ1) is 7.61. The van der Waals surface area contributed by atoms with Crippen LogP contribution in [0.25, 0.3) is 0 Å². The zero-order valence-corrected chi connectivity index (χ0v) is 10.2. The molecule has 0 aliphatic heterocycles. The lowest BCUT2D eigenvalue weighted by Gasteiger charge is -2.06. The smallest absolute Gasteiger partial charge is 0.311 e. The molecular weight excluding hydrogens is 228 g/mol. The standard InChI is InChI=1S/C12H15ClO3/c1-9(13)6-7-12(14)16-11-5-3-4-10(8-11)15-2/h3-5,8-9H,6-7H2,1-2H3. The van der Waals surface area contributed by atoms with Crippen LogP contribution < -0.4 is 9.47 Å². The first-order valence-electron chi connectivity index (χ1n) is 5.10. The molecule has 0 fully saturated rings. The number of ether oxygens (including phenoxy) is 2. The van der Waals surface area contributed by atoms with Crippen molar-refractivity contribution in [1.82, 2.24) is 0 Å². The van der Waals surface area contributed by atoms with E-state index in [1.807, 2.05) is 6.92 Å². The van der Waals surface area contributed by atoms with Gasteiger partial charge in [-0.1, -0.05) is 6.07 Å². The van der Waals surface area contributed by atoms with Gasteiger partial charge in [-0.3, -0.25) is 4.79 Å². The number of esters is 1. The number of hydrogen-bond acceptors (Lipinski definition) is 3. The van der Waals surface area contributed by atoms with Crippen molar-refractivity contribution in [3.63, 3.8) is 0 Å². The van der Waals surface area contributed by atoms with Gasteiger partial charge in [0.1, 0.15) is 11.5 Å². The number of hydrogen-bond donors (Lipinski definition) is 0. The molecule has 1 rings (SSSR count). The minimum Gasteiger partial charge on any atom is -0.497 e. The molecule has 4 heteroatoms. The maximum Gasteiger partial charge on any atom is 0.311 e. The van der Waals surface area contributed by atoms with Crippen LogP contribution in [0.2, 0.25) is 0 Å². The van der Waals surface area contributed by atoms with E-state index in [9.17, 15) is 4.79 Å². The van der Waals surface area contributed by atoms with Crippen LogP contribution in [0.3, 0.4) is 0 Å². The van der Waals surface area contributed by atoms with Crippen LogP contribution in [-0.2, 0) is 4.79 Å². The van der Waals surface area contributed by atoms with Crippen LogP contribution in [0.1, 0.15) is 19.8 Å². The lowest BCUT2D eigenvalue weighted by Crippen LogP contribution is -2.09. The molecule has 1 unspecified atom stereocenters. The first kappa shape index (κ1) is 12.8. The molecule has 3 nitrogen and oxygen atoms in total. The summed E-state index contributed by atoms with van der Waals surface area (Å²) in [6, 6.07) is 6.94. The molecule has 0 N–H and O–H groups in total. The first-order valence-corrected chi connectivity index (χ1v) is 5.54. The van der Waals surface area contributed by atoms with Crippen molar-refractivity contribution in [3.8, 4) is 11.5 Å². The number of carbonyl (C=O) groups is 1. The van der Waals surface area contributed by atoms with Gasteiger partial charge in [-0.2, -0.15) is 0 Å². The van der Waals surface area contributed by atoms with E-state index in [0.717, 1.165) is 0 Å². The third-order valence-electron chi connectivity index (χ3n) is 2.02. The quantitative estimate of drug-likeness (QED) is 0.452. The second kappa shape index (κ2) is 6.38. The number of halogens is 1. The summed E-state index contributed by atoms with van der Waals surface area (Å²) in [6.07, 6.45) is 0.937. The Kier molecular flexibility index (Phi) is 5.12. The topological polar surface area (TPSA) is 35.5 Å². The Hall–Kier alpha value is -1.22. The van der Waals surface area contributed by atoms with Crippen molar-refractivity contribution in [3.05, 3.63) is 24.3 Å². The highest BCUT2D eigenvalue weighted by Crippen LogP contribution is 2.19. The van der Waals surface area contributed by atoms with Gasteiger partial charge < -0.3 is 9.47 Å². The summed E-state index contributed by atoms with van der Waals surface area (Å²) >= 11 is 5.74. The summed E-state index contributed by atoms with van der Waals surface area (Å²) in [5.41, 5.74) is 0. The van der Waals surface area contributed by atoms with Gasteiger partial charge in [0.2, 0.25) is 0 Å². The molecule has 88 valence electrons. The highest BCUT2D eigenvalue weighted by atomic mass is 35.5. The SMILES string of the molecule is COc1cccc(OC(=O)CCC(C)Cl)c1. The van der Waals surface area contributed by atoms with Crippen LogP contribution in [0.4, 0.5) is 0 Å². The summed E-state index contributed by atoms with van der Waals surface area (Å²) in [6.45, 7) is 1.85. The van der Waals surface area contributed by atoms with Gasteiger partial charge in [-0.15, -0.1) is 11.6 Å². The van der Waals surface area contributed by atoms with Crippen molar-refractivity contribution < 1.29 is 14.3 Å². The minimum atomic E-state index is -0.277. The number of alkyl halides is 1. The monoisotopic (exact) mass is 242 g/mol. The van der Waals surface area contributed by atoms with Crippen LogP contribution >= 0.6 is 11.6 Å². The molecule has 0 bridgehead atoms. The highest BCUT2D eigenvalue weighted by Gasteiger charge is 2.07. The van der Waals surface area contributed by atoms with Crippen LogP contribution in [0.15, 0.2) is 24.3 Å².